The fourth-order valence-electron chi connectivity index (χ4n) is 3.18. The molecule has 29 heavy (non-hydrogen) atoms. The van der Waals surface area contributed by atoms with Gasteiger partial charge in [0.1, 0.15) is 18.0 Å². The predicted octanol–water partition coefficient (Wildman–Crippen LogP) is 3.08. The van der Waals surface area contributed by atoms with Crippen LogP contribution in [0.4, 0.5) is 26.1 Å². The van der Waals surface area contributed by atoms with Gasteiger partial charge in [-0.2, -0.15) is 4.98 Å². The molecule has 1 aromatic heterocycles. The van der Waals surface area contributed by atoms with Gasteiger partial charge >= 0.3 is 0 Å². The highest BCUT2D eigenvalue weighted by molar-refractivity contribution is 7.91. The lowest BCUT2D eigenvalue weighted by Gasteiger charge is -2.40. The Hall–Kier alpha value is -3.01. The van der Waals surface area contributed by atoms with Crippen molar-refractivity contribution >= 4 is 27.2 Å². The van der Waals surface area contributed by atoms with Gasteiger partial charge in [-0.3, -0.25) is 0 Å². The lowest BCUT2D eigenvalue weighted by molar-refractivity contribution is 0.547. The molecule has 0 bridgehead atoms. The van der Waals surface area contributed by atoms with Gasteiger partial charge in [-0.1, -0.05) is 0 Å². The third-order valence-electron chi connectivity index (χ3n) is 4.74. The number of aryl methyl sites for hydroxylation is 1. The predicted molar refractivity (Wildman–Crippen MR) is 109 cm³/mol. The van der Waals surface area contributed by atoms with Crippen LogP contribution in [-0.4, -0.2) is 47.8 Å². The molecule has 1 saturated heterocycles. The molecule has 3 aromatic rings. The van der Waals surface area contributed by atoms with Crippen molar-refractivity contribution in [3.8, 4) is 5.69 Å². The standard InChI is InChI=1S/C19H19F2N5O2S.H2/c1-12-3-15(8-16(4-12)25-9-18(10-25)29(2,27)28)23-19-22-11-26(24-19)17-6-13(20)5-14(21)7-17;/h3-8,11,18H,9-10H2,1-2H3,(H,23,24);1H. The second-order valence-electron chi connectivity index (χ2n) is 7.18. The zero-order chi connectivity index (χ0) is 20.8. The Morgan fingerprint density at radius 2 is 1.76 bits per heavy atom. The maximum atomic E-state index is 13.4. The van der Waals surface area contributed by atoms with Crippen LogP contribution in [0.5, 0.6) is 0 Å². The van der Waals surface area contributed by atoms with Crippen LogP contribution < -0.4 is 10.2 Å². The van der Waals surface area contributed by atoms with Gasteiger partial charge < -0.3 is 10.2 Å². The fraction of sp³-hybridized carbons (Fsp3) is 0.263. The molecule has 154 valence electrons. The summed E-state index contributed by atoms with van der Waals surface area (Å²) in [6, 6.07) is 8.87. The van der Waals surface area contributed by atoms with E-state index in [1.54, 1.807) is 0 Å². The average Bonchev–Trinajstić information content (AvgIpc) is 2.99. The maximum absolute atomic E-state index is 13.4. The Bertz CT molecular complexity index is 1160. The number of halogens is 2. The molecule has 0 aliphatic carbocycles. The van der Waals surface area contributed by atoms with Crippen LogP contribution in [-0.2, 0) is 9.84 Å². The number of nitrogens with zero attached hydrogens (tertiary/aromatic N) is 4. The van der Waals surface area contributed by atoms with Crippen molar-refractivity contribution in [2.75, 3.05) is 29.6 Å². The van der Waals surface area contributed by atoms with Crippen LogP contribution >= 0.6 is 0 Å². The number of benzene rings is 2. The number of hydrogen-bond donors (Lipinski definition) is 1. The molecular formula is C19H21F2N5O2S. The number of sulfone groups is 1. The second-order valence-corrected chi connectivity index (χ2v) is 9.50. The highest BCUT2D eigenvalue weighted by Gasteiger charge is 2.34. The van der Waals surface area contributed by atoms with Crippen LogP contribution in [0.25, 0.3) is 5.69 Å². The van der Waals surface area contributed by atoms with Gasteiger partial charge in [0.25, 0.3) is 0 Å². The molecule has 1 aliphatic rings. The zero-order valence-corrected chi connectivity index (χ0v) is 16.6. The summed E-state index contributed by atoms with van der Waals surface area (Å²) in [7, 11) is -3.04. The summed E-state index contributed by atoms with van der Waals surface area (Å²) in [5, 5.41) is 6.94. The van der Waals surface area contributed by atoms with Crippen molar-refractivity contribution in [2.24, 2.45) is 0 Å². The van der Waals surface area contributed by atoms with E-state index in [9.17, 15) is 17.2 Å². The van der Waals surface area contributed by atoms with E-state index in [-0.39, 0.29) is 18.3 Å². The van der Waals surface area contributed by atoms with E-state index in [0.717, 1.165) is 35.1 Å². The molecule has 2 aromatic carbocycles. The molecule has 7 nitrogen and oxygen atoms in total. The zero-order valence-electron chi connectivity index (χ0n) is 15.8. The Balaban J connectivity index is 0.00000256. The smallest absolute Gasteiger partial charge is 0.246 e. The van der Waals surface area contributed by atoms with Gasteiger partial charge in [-0.15, -0.1) is 5.10 Å². The van der Waals surface area contributed by atoms with Gasteiger partial charge in [0.15, 0.2) is 9.84 Å². The van der Waals surface area contributed by atoms with E-state index >= 15 is 0 Å². The Labute approximate surface area is 168 Å². The Morgan fingerprint density at radius 1 is 1.07 bits per heavy atom. The molecule has 10 heteroatoms. The van der Waals surface area contributed by atoms with E-state index < -0.39 is 21.5 Å². The summed E-state index contributed by atoms with van der Waals surface area (Å²) in [5.41, 5.74) is 2.84. The molecule has 0 unspecified atom stereocenters. The van der Waals surface area contributed by atoms with E-state index in [1.807, 2.05) is 30.0 Å². The third kappa shape index (κ3) is 4.21. The first kappa shape index (κ1) is 19.3. The first-order chi connectivity index (χ1) is 13.7. The van der Waals surface area contributed by atoms with Gasteiger partial charge in [-0.05, 0) is 42.8 Å². The van der Waals surface area contributed by atoms with Crippen LogP contribution in [0.3, 0.4) is 0 Å². The molecule has 1 N–H and O–H groups in total. The van der Waals surface area contributed by atoms with Gasteiger partial charge in [-0.25, -0.2) is 21.9 Å². The lowest BCUT2D eigenvalue weighted by Crippen LogP contribution is -2.54. The summed E-state index contributed by atoms with van der Waals surface area (Å²) in [4.78, 5) is 6.12. The summed E-state index contributed by atoms with van der Waals surface area (Å²) < 4.78 is 51.3. The number of aromatic nitrogens is 3. The highest BCUT2D eigenvalue weighted by Crippen LogP contribution is 2.29. The molecule has 4 rings (SSSR count). The van der Waals surface area contributed by atoms with E-state index in [0.29, 0.717) is 13.1 Å². The molecule has 0 atom stereocenters. The number of hydrogen-bond acceptors (Lipinski definition) is 6. The largest absolute Gasteiger partial charge is 0.369 e. The van der Waals surface area contributed by atoms with Gasteiger partial charge in [0.05, 0.1) is 10.9 Å². The molecular weight excluding hydrogens is 400 g/mol. The molecule has 0 spiro atoms. The minimum absolute atomic E-state index is 0. The summed E-state index contributed by atoms with van der Waals surface area (Å²) in [5.74, 6) is -1.13. The topological polar surface area (TPSA) is 80.1 Å². The summed E-state index contributed by atoms with van der Waals surface area (Å²) >= 11 is 0. The van der Waals surface area contributed by atoms with Crippen LogP contribution in [0.2, 0.25) is 0 Å². The SMILES string of the molecule is Cc1cc(Nc2ncn(-c3cc(F)cc(F)c3)n2)cc(N2CC(S(C)(=O)=O)C2)c1.[HH]. The summed E-state index contributed by atoms with van der Waals surface area (Å²) in [6.07, 6.45) is 2.62. The monoisotopic (exact) mass is 421 g/mol. The quantitative estimate of drug-likeness (QED) is 0.682. The van der Waals surface area contributed by atoms with Crippen molar-refractivity contribution < 1.29 is 18.6 Å². The van der Waals surface area contributed by atoms with Crippen LogP contribution in [0.15, 0.2) is 42.7 Å². The van der Waals surface area contributed by atoms with E-state index in [2.05, 4.69) is 15.4 Å². The van der Waals surface area contributed by atoms with Crippen molar-refractivity contribution in [3.63, 3.8) is 0 Å². The van der Waals surface area contributed by atoms with Crippen molar-refractivity contribution in [2.45, 2.75) is 12.2 Å². The van der Waals surface area contributed by atoms with Gasteiger partial charge in [0, 0.05) is 38.2 Å². The third-order valence-corrected chi connectivity index (χ3v) is 6.25. The number of rotatable bonds is 5. The second kappa shape index (κ2) is 7.11. The first-order valence-electron chi connectivity index (χ1n) is 8.88. The number of anilines is 3. The van der Waals surface area contributed by atoms with Crippen molar-refractivity contribution in [3.05, 3.63) is 59.9 Å². The summed E-state index contributed by atoms with van der Waals surface area (Å²) in [6.45, 7) is 2.85. The molecule has 2 heterocycles. The average molecular weight is 421 g/mol. The number of nitrogens with one attached hydrogen (secondary N) is 1. The normalized spacial score (nSPS) is 14.7. The minimum Gasteiger partial charge on any atom is -0.369 e. The van der Waals surface area contributed by atoms with Crippen LogP contribution in [0, 0.1) is 18.6 Å². The minimum atomic E-state index is -3.04. The Morgan fingerprint density at radius 3 is 2.41 bits per heavy atom. The highest BCUT2D eigenvalue weighted by atomic mass is 32.2. The van der Waals surface area contributed by atoms with Crippen LogP contribution in [0.1, 0.15) is 6.99 Å². The lowest BCUT2D eigenvalue weighted by atomic mass is 10.1. The van der Waals surface area contributed by atoms with Gasteiger partial charge in [0.2, 0.25) is 5.95 Å². The molecule has 0 amide bonds. The molecule has 1 aliphatic heterocycles. The maximum Gasteiger partial charge on any atom is 0.246 e. The molecule has 1 fully saturated rings. The van der Waals surface area contributed by atoms with E-state index in [1.165, 1.54) is 17.3 Å². The fourth-order valence-corrected chi connectivity index (χ4v) is 4.08. The van der Waals surface area contributed by atoms with Crippen molar-refractivity contribution in [1.29, 1.82) is 0 Å². The first-order valence-corrected chi connectivity index (χ1v) is 10.8. The Kier molecular flexibility index (Phi) is 4.73. The molecule has 0 radical (unpaired) electrons. The molecule has 0 saturated carbocycles. The van der Waals surface area contributed by atoms with E-state index in [4.69, 9.17) is 0 Å². The van der Waals surface area contributed by atoms with Crippen molar-refractivity contribution in [1.82, 2.24) is 14.8 Å².